The Hall–Kier alpha value is -1.09. The molecule has 204 valence electrons. The van der Waals surface area contributed by atoms with Gasteiger partial charge in [-0.15, -0.1) is 0 Å². The molecule has 1 amide bonds. The maximum Gasteiger partial charge on any atom is 0.214 e. The van der Waals surface area contributed by atoms with Crippen LogP contribution in [0.15, 0.2) is 0 Å². The van der Waals surface area contributed by atoms with Crippen LogP contribution in [0.2, 0.25) is 19.6 Å². The van der Waals surface area contributed by atoms with Crippen LogP contribution in [-0.2, 0) is 14.4 Å². The van der Waals surface area contributed by atoms with Gasteiger partial charge in [0.15, 0.2) is 14.0 Å². The molecule has 4 saturated carbocycles. The maximum atomic E-state index is 13.4. The number of carbonyl (C=O) groups is 3. The van der Waals surface area contributed by atoms with E-state index in [9.17, 15) is 29.7 Å². The number of aliphatic hydroxyl groups excluding tert-OH is 2. The molecule has 7 nitrogen and oxygen atoms in total. The van der Waals surface area contributed by atoms with E-state index in [4.69, 9.17) is 0 Å². The summed E-state index contributed by atoms with van der Waals surface area (Å²) in [7, 11) is -1.30. The van der Waals surface area contributed by atoms with Crippen LogP contribution >= 0.6 is 0 Å². The summed E-state index contributed by atoms with van der Waals surface area (Å²) >= 11 is 0. The van der Waals surface area contributed by atoms with Crippen molar-refractivity contribution in [2.75, 3.05) is 13.2 Å². The number of carbonyl (C=O) groups excluding carboxylic acids is 3. The van der Waals surface area contributed by atoms with Crippen molar-refractivity contribution < 1.29 is 29.7 Å². The van der Waals surface area contributed by atoms with Gasteiger partial charge in [-0.3, -0.25) is 14.4 Å². The summed E-state index contributed by atoms with van der Waals surface area (Å²) in [4.78, 5) is 36.9. The van der Waals surface area contributed by atoms with E-state index in [1.54, 1.807) is 0 Å². The van der Waals surface area contributed by atoms with Gasteiger partial charge in [0.2, 0.25) is 5.91 Å². The minimum atomic E-state index is -1.58. The Bertz CT molecular complexity index is 903. The van der Waals surface area contributed by atoms with Crippen molar-refractivity contribution >= 4 is 25.7 Å². The molecule has 0 radical (unpaired) electrons. The standard InChI is InChI=1S/C21H32O5.C7H15NOSi/c1-19-7-5-13(23)9-12(19)3-4-14-15-6-8-21(26,17(25)11-22)20(15,2)10-16(24)18(14)19;1-10(2,3)8-6-4-5-7(8)9/h12-15,18,22-23,26H,3-11H2,1-2H3;4-6H2,1-3H3/t12-,13-,14+,15+,18-,19+,20+,21+;/m1./s1. The van der Waals surface area contributed by atoms with E-state index in [-0.39, 0.29) is 41.5 Å². The summed E-state index contributed by atoms with van der Waals surface area (Å²) in [5.74, 6) is 0.754. The van der Waals surface area contributed by atoms with Crippen molar-refractivity contribution in [1.82, 2.24) is 4.57 Å². The molecular formula is C28H47NO6Si. The van der Waals surface area contributed by atoms with Crippen LogP contribution in [0.1, 0.15) is 78.1 Å². The van der Waals surface area contributed by atoms with E-state index < -0.39 is 31.6 Å². The molecule has 5 fully saturated rings. The van der Waals surface area contributed by atoms with Crippen molar-refractivity contribution in [1.29, 1.82) is 0 Å². The molecule has 0 spiro atoms. The average Bonchev–Trinajstić information content (AvgIpc) is 3.35. The highest BCUT2D eigenvalue weighted by Crippen LogP contribution is 2.67. The number of hydrogen-bond donors (Lipinski definition) is 3. The molecule has 36 heavy (non-hydrogen) atoms. The third-order valence-corrected chi connectivity index (χ3v) is 13.1. The first kappa shape index (κ1) is 27.9. The normalized spacial score (nSPS) is 44.3. The fourth-order valence-corrected chi connectivity index (χ4v) is 10.7. The number of amides is 1. The molecule has 8 heteroatoms. The lowest BCUT2D eigenvalue weighted by Crippen LogP contribution is -2.62. The number of Topliss-reactive ketones (excluding diaryl/α,β-unsaturated/α-hetero) is 2. The van der Waals surface area contributed by atoms with Gasteiger partial charge in [0.05, 0.1) is 6.10 Å². The van der Waals surface area contributed by atoms with Crippen molar-refractivity contribution in [3.63, 3.8) is 0 Å². The van der Waals surface area contributed by atoms with Gasteiger partial charge < -0.3 is 19.9 Å². The van der Waals surface area contributed by atoms with Gasteiger partial charge in [0, 0.05) is 30.7 Å². The van der Waals surface area contributed by atoms with Gasteiger partial charge in [-0.05, 0) is 74.5 Å². The smallest absolute Gasteiger partial charge is 0.214 e. The Labute approximate surface area is 217 Å². The Morgan fingerprint density at radius 2 is 1.78 bits per heavy atom. The summed E-state index contributed by atoms with van der Waals surface area (Å²) in [5, 5.41) is 30.6. The van der Waals surface area contributed by atoms with Gasteiger partial charge in [0.1, 0.15) is 18.0 Å². The Morgan fingerprint density at radius 3 is 2.33 bits per heavy atom. The largest absolute Gasteiger partial charge is 0.393 e. The third-order valence-electron chi connectivity index (χ3n) is 11.0. The number of nitrogens with zero attached hydrogens (tertiary/aromatic N) is 1. The first-order valence-electron chi connectivity index (χ1n) is 14.1. The highest BCUT2D eigenvalue weighted by molar-refractivity contribution is 6.75. The molecule has 3 N–H and O–H groups in total. The fourth-order valence-electron chi connectivity index (χ4n) is 9.00. The first-order valence-corrected chi connectivity index (χ1v) is 17.5. The molecule has 5 rings (SSSR count). The van der Waals surface area contributed by atoms with Crippen molar-refractivity contribution in [3.8, 4) is 0 Å². The number of rotatable bonds is 3. The summed E-state index contributed by atoms with van der Waals surface area (Å²) in [6.45, 7) is 11.1. The number of hydrogen-bond acceptors (Lipinski definition) is 6. The summed E-state index contributed by atoms with van der Waals surface area (Å²) in [6, 6.07) is 0. The van der Waals surface area contributed by atoms with Crippen LogP contribution in [0, 0.1) is 34.5 Å². The first-order chi connectivity index (χ1) is 16.7. The molecule has 5 aliphatic rings. The van der Waals surface area contributed by atoms with E-state index in [0.29, 0.717) is 18.2 Å². The zero-order valence-corrected chi connectivity index (χ0v) is 23.9. The van der Waals surface area contributed by atoms with Crippen LogP contribution < -0.4 is 0 Å². The highest BCUT2D eigenvalue weighted by Gasteiger charge is 2.68. The lowest BCUT2D eigenvalue weighted by molar-refractivity contribution is -0.180. The molecule has 0 aromatic rings. The molecule has 0 aromatic carbocycles. The minimum absolute atomic E-state index is 0.0154. The van der Waals surface area contributed by atoms with E-state index >= 15 is 0 Å². The molecule has 4 aliphatic carbocycles. The molecule has 0 bridgehead atoms. The lowest BCUT2D eigenvalue weighted by Gasteiger charge is -2.60. The van der Waals surface area contributed by atoms with Gasteiger partial charge in [0.25, 0.3) is 0 Å². The number of ketones is 2. The maximum absolute atomic E-state index is 13.4. The summed E-state index contributed by atoms with van der Waals surface area (Å²) in [6.07, 6.45) is 7.33. The van der Waals surface area contributed by atoms with Gasteiger partial charge in [-0.1, -0.05) is 33.5 Å². The monoisotopic (exact) mass is 521 g/mol. The highest BCUT2D eigenvalue weighted by atomic mass is 28.3. The Kier molecular flexibility index (Phi) is 7.43. The quantitative estimate of drug-likeness (QED) is 0.491. The predicted molar refractivity (Wildman–Crippen MR) is 139 cm³/mol. The van der Waals surface area contributed by atoms with Crippen LogP contribution in [0.5, 0.6) is 0 Å². The summed E-state index contributed by atoms with van der Waals surface area (Å²) < 4.78 is 2.09. The molecule has 1 saturated heterocycles. The van der Waals surface area contributed by atoms with Gasteiger partial charge in [-0.2, -0.15) is 0 Å². The minimum Gasteiger partial charge on any atom is -0.393 e. The third kappa shape index (κ3) is 4.34. The predicted octanol–water partition coefficient (Wildman–Crippen LogP) is 3.31. The van der Waals surface area contributed by atoms with E-state index in [0.717, 1.165) is 57.9 Å². The van der Waals surface area contributed by atoms with Crippen LogP contribution in [0.3, 0.4) is 0 Å². The Morgan fingerprint density at radius 1 is 1.08 bits per heavy atom. The molecule has 0 aromatic heterocycles. The van der Waals surface area contributed by atoms with Crippen molar-refractivity contribution in [2.24, 2.45) is 34.5 Å². The van der Waals surface area contributed by atoms with Gasteiger partial charge >= 0.3 is 0 Å². The Balaban J connectivity index is 0.000000256. The SMILES string of the molecule is C[C@]12CC[C@@H](O)C[C@H]1CC[C@@H]1[C@@H]2C(=O)C[C@@]2(C)[C@H]1CC[C@]2(O)C(=O)CO.C[Si](C)(C)N1CCCC1=O. The molecule has 0 unspecified atom stereocenters. The second-order valence-corrected chi connectivity index (χ2v) is 18.7. The molecule has 1 heterocycles. The summed E-state index contributed by atoms with van der Waals surface area (Å²) in [5.41, 5.74) is -2.40. The number of fused-ring (bicyclic) bond motifs is 5. The van der Waals surface area contributed by atoms with Gasteiger partial charge in [-0.25, -0.2) is 0 Å². The fraction of sp³-hybridized carbons (Fsp3) is 0.893. The van der Waals surface area contributed by atoms with E-state index in [2.05, 4.69) is 31.1 Å². The van der Waals surface area contributed by atoms with Crippen LogP contribution in [-0.4, -0.2) is 70.5 Å². The molecule has 8 atom stereocenters. The topological polar surface area (TPSA) is 115 Å². The van der Waals surface area contributed by atoms with Crippen LogP contribution in [0.25, 0.3) is 0 Å². The number of aliphatic hydroxyl groups is 3. The van der Waals surface area contributed by atoms with E-state index in [1.807, 2.05) is 6.92 Å². The van der Waals surface area contributed by atoms with Crippen molar-refractivity contribution in [2.45, 2.75) is 109 Å². The second-order valence-electron chi connectivity index (χ2n) is 13.8. The lowest BCUT2D eigenvalue weighted by atomic mass is 9.44. The zero-order chi connectivity index (χ0) is 26.7. The zero-order valence-electron chi connectivity index (χ0n) is 22.9. The average molecular weight is 522 g/mol. The molecule has 1 aliphatic heterocycles. The second kappa shape index (κ2) is 9.58. The van der Waals surface area contributed by atoms with Crippen LogP contribution in [0.4, 0.5) is 0 Å². The molecular weight excluding hydrogens is 474 g/mol. The van der Waals surface area contributed by atoms with Crippen molar-refractivity contribution in [3.05, 3.63) is 0 Å². The van der Waals surface area contributed by atoms with E-state index in [1.165, 1.54) is 0 Å².